The largest absolute Gasteiger partial charge is 0.456 e. The maximum atomic E-state index is 6.61. The van der Waals surface area contributed by atoms with Crippen LogP contribution in [0.5, 0.6) is 0 Å². The lowest BCUT2D eigenvalue weighted by molar-refractivity contribution is -0.0335. The Morgan fingerprint density at radius 2 is 1.70 bits per heavy atom. The Kier molecular flexibility index (Phi) is 4.27. The molecule has 0 radical (unpaired) electrons. The van der Waals surface area contributed by atoms with Crippen LogP contribution in [0, 0.1) is 18.3 Å². The van der Waals surface area contributed by atoms with E-state index in [1.54, 1.807) is 0 Å². The van der Waals surface area contributed by atoms with Gasteiger partial charge in [-0.2, -0.15) is 0 Å². The quantitative estimate of drug-likeness (QED) is 0.517. The van der Waals surface area contributed by atoms with Gasteiger partial charge in [-0.15, -0.1) is 0 Å². The van der Waals surface area contributed by atoms with Crippen molar-refractivity contribution < 1.29 is 9.15 Å². The number of hydrogen-bond donors (Lipinski definition) is 0. The molecule has 3 aromatic rings. The predicted molar refractivity (Wildman–Crippen MR) is 113 cm³/mol. The number of benzene rings is 2. The maximum Gasteiger partial charge on any atom is 0.135 e. The highest BCUT2D eigenvalue weighted by atomic mass is 16.5. The van der Waals surface area contributed by atoms with Crippen molar-refractivity contribution >= 4 is 27.6 Å². The minimum absolute atomic E-state index is 0.0256. The predicted octanol–water partition coefficient (Wildman–Crippen LogP) is 6.52. The van der Waals surface area contributed by atoms with Crippen molar-refractivity contribution in [2.75, 3.05) is 4.90 Å². The Balaban J connectivity index is 1.90. The summed E-state index contributed by atoms with van der Waals surface area (Å²) in [5.41, 5.74) is 4.41. The van der Waals surface area contributed by atoms with E-state index in [9.17, 15) is 0 Å². The van der Waals surface area contributed by atoms with E-state index in [1.807, 2.05) is 12.1 Å². The van der Waals surface area contributed by atoms with Crippen LogP contribution in [0.2, 0.25) is 0 Å². The number of rotatable bonds is 2. The van der Waals surface area contributed by atoms with Gasteiger partial charge in [-0.3, -0.25) is 0 Å². The average Bonchev–Trinajstić information content (AvgIpc) is 3.11. The van der Waals surface area contributed by atoms with Crippen molar-refractivity contribution in [2.24, 2.45) is 11.3 Å². The number of ether oxygens (including phenoxy) is 1. The third kappa shape index (κ3) is 2.93. The van der Waals surface area contributed by atoms with Crippen LogP contribution in [-0.4, -0.2) is 18.4 Å². The molecule has 0 aliphatic carbocycles. The van der Waals surface area contributed by atoms with Gasteiger partial charge in [0.15, 0.2) is 0 Å². The summed E-state index contributed by atoms with van der Waals surface area (Å²) in [6.07, 6.45) is 0.277. The summed E-state index contributed by atoms with van der Waals surface area (Å²) in [6, 6.07) is 13.1. The number of fused-ring (bicyclic) bond motifs is 3. The number of anilines is 1. The van der Waals surface area contributed by atoms with Crippen molar-refractivity contribution in [1.82, 2.24) is 0 Å². The first kappa shape index (κ1) is 18.4. The molecule has 1 aliphatic heterocycles. The van der Waals surface area contributed by atoms with Gasteiger partial charge in [0.2, 0.25) is 0 Å². The van der Waals surface area contributed by atoms with E-state index in [0.29, 0.717) is 12.0 Å². The third-order valence-corrected chi connectivity index (χ3v) is 5.82. The van der Waals surface area contributed by atoms with Crippen LogP contribution in [0.4, 0.5) is 5.69 Å². The van der Waals surface area contributed by atoms with Gasteiger partial charge in [0, 0.05) is 21.9 Å². The monoisotopic (exact) mass is 365 g/mol. The minimum Gasteiger partial charge on any atom is -0.456 e. The first-order valence-electron chi connectivity index (χ1n) is 10.0. The molecule has 27 heavy (non-hydrogen) atoms. The van der Waals surface area contributed by atoms with Gasteiger partial charge < -0.3 is 14.1 Å². The number of para-hydroxylation sites is 1. The van der Waals surface area contributed by atoms with Crippen molar-refractivity contribution in [1.29, 1.82) is 0 Å². The highest BCUT2D eigenvalue weighted by Gasteiger charge is 2.46. The lowest BCUT2D eigenvalue weighted by atomic mass is 9.92. The number of furan rings is 1. The molecule has 0 N–H and O–H groups in total. The molecule has 3 heteroatoms. The second-order valence-electron chi connectivity index (χ2n) is 9.44. The summed E-state index contributed by atoms with van der Waals surface area (Å²) in [4.78, 5) is 2.50. The molecule has 3 nitrogen and oxygen atoms in total. The van der Waals surface area contributed by atoms with Gasteiger partial charge in [0.1, 0.15) is 17.4 Å². The molecular formula is C24H31NO2. The van der Waals surface area contributed by atoms with Gasteiger partial charge in [0.05, 0.1) is 12.1 Å². The van der Waals surface area contributed by atoms with Crippen molar-refractivity contribution in [3.8, 4) is 0 Å². The summed E-state index contributed by atoms with van der Waals surface area (Å²) in [6.45, 7) is 15.8. The van der Waals surface area contributed by atoms with Crippen molar-refractivity contribution in [3.05, 3.63) is 42.0 Å². The molecule has 1 aromatic heterocycles. The lowest BCUT2D eigenvalue weighted by Crippen LogP contribution is -2.44. The van der Waals surface area contributed by atoms with Crippen LogP contribution in [0.3, 0.4) is 0 Å². The molecule has 3 atom stereocenters. The topological polar surface area (TPSA) is 25.6 Å². The van der Waals surface area contributed by atoms with E-state index in [-0.39, 0.29) is 17.7 Å². The molecular weight excluding hydrogens is 334 g/mol. The SMILES string of the molecule is Cc1cc2oc3ccccc3c2cc1N1C(C(C)(C)C)OC(C(C)C)[C@@H]1C. The molecule has 2 unspecified atom stereocenters. The summed E-state index contributed by atoms with van der Waals surface area (Å²) in [5.74, 6) is 0.480. The zero-order valence-corrected chi connectivity index (χ0v) is 17.5. The van der Waals surface area contributed by atoms with E-state index < -0.39 is 0 Å². The summed E-state index contributed by atoms with van der Waals surface area (Å²) < 4.78 is 12.7. The Labute approximate surface area is 162 Å². The fourth-order valence-corrected chi connectivity index (χ4v) is 4.52. The van der Waals surface area contributed by atoms with Crippen molar-refractivity contribution in [2.45, 2.75) is 66.8 Å². The molecule has 1 aliphatic rings. The van der Waals surface area contributed by atoms with Crippen LogP contribution >= 0.6 is 0 Å². The Morgan fingerprint density at radius 1 is 1.00 bits per heavy atom. The second-order valence-corrected chi connectivity index (χ2v) is 9.44. The fourth-order valence-electron chi connectivity index (χ4n) is 4.52. The zero-order valence-electron chi connectivity index (χ0n) is 17.5. The zero-order chi connectivity index (χ0) is 19.5. The molecule has 4 rings (SSSR count). The van der Waals surface area contributed by atoms with Gasteiger partial charge in [0.25, 0.3) is 0 Å². The molecule has 2 heterocycles. The third-order valence-electron chi connectivity index (χ3n) is 5.82. The Morgan fingerprint density at radius 3 is 2.37 bits per heavy atom. The smallest absolute Gasteiger partial charge is 0.135 e. The van der Waals surface area contributed by atoms with Gasteiger partial charge >= 0.3 is 0 Å². The van der Waals surface area contributed by atoms with Gasteiger partial charge in [-0.05, 0) is 43.5 Å². The van der Waals surface area contributed by atoms with Gasteiger partial charge in [-0.25, -0.2) is 0 Å². The van der Waals surface area contributed by atoms with Gasteiger partial charge in [-0.1, -0.05) is 52.8 Å². The van der Waals surface area contributed by atoms with E-state index in [1.165, 1.54) is 22.0 Å². The lowest BCUT2D eigenvalue weighted by Gasteiger charge is -2.37. The molecule has 0 spiro atoms. The van der Waals surface area contributed by atoms with E-state index >= 15 is 0 Å². The first-order chi connectivity index (χ1) is 12.7. The number of hydrogen-bond acceptors (Lipinski definition) is 3. The second kappa shape index (κ2) is 6.27. The molecule has 0 bridgehead atoms. The average molecular weight is 366 g/mol. The van der Waals surface area contributed by atoms with E-state index in [2.05, 4.69) is 77.6 Å². The number of nitrogens with zero attached hydrogens (tertiary/aromatic N) is 1. The fraction of sp³-hybridized carbons (Fsp3) is 0.500. The number of aryl methyl sites for hydroxylation is 1. The summed E-state index contributed by atoms with van der Waals surface area (Å²) >= 11 is 0. The van der Waals surface area contributed by atoms with E-state index in [0.717, 1.165) is 11.2 Å². The highest BCUT2D eigenvalue weighted by molar-refractivity contribution is 6.06. The van der Waals surface area contributed by atoms with Crippen LogP contribution < -0.4 is 4.90 Å². The molecule has 2 aromatic carbocycles. The van der Waals surface area contributed by atoms with Crippen LogP contribution in [0.15, 0.2) is 40.8 Å². The highest BCUT2D eigenvalue weighted by Crippen LogP contribution is 2.43. The molecule has 0 saturated carbocycles. The molecule has 1 fully saturated rings. The Bertz CT molecular complexity index is 979. The molecule has 144 valence electrons. The summed E-state index contributed by atoms with van der Waals surface area (Å²) in [7, 11) is 0. The maximum absolute atomic E-state index is 6.61. The normalized spacial score (nSPS) is 23.9. The first-order valence-corrected chi connectivity index (χ1v) is 10.0. The summed E-state index contributed by atoms with van der Waals surface area (Å²) in [5, 5.41) is 2.35. The standard InChI is InChI=1S/C24H31NO2/c1-14(2)22-16(4)25(23(27-22)24(5,6)7)19-13-18-17-10-8-9-11-20(17)26-21(18)12-15(19)3/h8-14,16,22-23H,1-7H3/t16-,22?,23?/m0/s1. The molecule has 0 amide bonds. The molecule has 1 saturated heterocycles. The van der Waals surface area contributed by atoms with Crippen molar-refractivity contribution in [3.63, 3.8) is 0 Å². The minimum atomic E-state index is 0.0256. The van der Waals surface area contributed by atoms with Crippen LogP contribution in [0.25, 0.3) is 21.9 Å². The van der Waals surface area contributed by atoms with Crippen LogP contribution in [0.1, 0.15) is 47.1 Å². The van der Waals surface area contributed by atoms with Crippen LogP contribution in [-0.2, 0) is 4.74 Å². The Hall–Kier alpha value is -2.00. The van der Waals surface area contributed by atoms with E-state index in [4.69, 9.17) is 9.15 Å².